The van der Waals surface area contributed by atoms with Crippen molar-refractivity contribution >= 4 is 27.7 Å². The van der Waals surface area contributed by atoms with Crippen LogP contribution in [0.2, 0.25) is 0 Å². The SMILES string of the molecule is Cc1cc(NC(=O)Cn2nnc(-c3ccc(Br)cc3)n2)no1. The lowest BCUT2D eigenvalue weighted by Gasteiger charge is -1.99. The number of aryl methyl sites for hydroxylation is 1. The highest BCUT2D eigenvalue weighted by molar-refractivity contribution is 9.10. The van der Waals surface area contributed by atoms with Crippen LogP contribution in [0.1, 0.15) is 5.76 Å². The fourth-order valence-electron chi connectivity index (χ4n) is 1.76. The maximum Gasteiger partial charge on any atom is 0.249 e. The molecule has 0 aliphatic heterocycles. The Labute approximate surface area is 133 Å². The van der Waals surface area contributed by atoms with E-state index in [2.05, 4.69) is 41.8 Å². The molecule has 3 aromatic rings. The molecular weight excluding hydrogens is 352 g/mol. The number of anilines is 1. The summed E-state index contributed by atoms with van der Waals surface area (Å²) in [5.74, 6) is 1.12. The normalized spacial score (nSPS) is 10.6. The number of aromatic nitrogens is 5. The molecular formula is C13H11BrN6O2. The van der Waals surface area contributed by atoms with Crippen molar-refractivity contribution in [1.29, 1.82) is 0 Å². The van der Waals surface area contributed by atoms with Crippen LogP contribution < -0.4 is 5.32 Å². The van der Waals surface area contributed by atoms with E-state index in [0.29, 0.717) is 17.4 Å². The molecule has 0 fully saturated rings. The molecule has 2 aromatic heterocycles. The van der Waals surface area contributed by atoms with Gasteiger partial charge in [-0.05, 0) is 36.4 Å². The van der Waals surface area contributed by atoms with Crippen LogP contribution in [0.25, 0.3) is 11.4 Å². The van der Waals surface area contributed by atoms with Crippen LogP contribution in [0.4, 0.5) is 5.82 Å². The molecule has 3 rings (SSSR count). The summed E-state index contributed by atoms with van der Waals surface area (Å²) >= 11 is 3.36. The fraction of sp³-hybridized carbons (Fsp3) is 0.154. The minimum absolute atomic E-state index is 0.0601. The van der Waals surface area contributed by atoms with Crippen LogP contribution in [0.5, 0.6) is 0 Å². The van der Waals surface area contributed by atoms with Gasteiger partial charge < -0.3 is 9.84 Å². The molecule has 0 saturated heterocycles. The zero-order valence-corrected chi connectivity index (χ0v) is 13.1. The van der Waals surface area contributed by atoms with Gasteiger partial charge in [0.1, 0.15) is 12.3 Å². The maximum atomic E-state index is 11.9. The predicted molar refractivity (Wildman–Crippen MR) is 80.8 cm³/mol. The number of tetrazole rings is 1. The van der Waals surface area contributed by atoms with Gasteiger partial charge in [-0.25, -0.2) is 0 Å². The molecule has 0 spiro atoms. The van der Waals surface area contributed by atoms with E-state index in [-0.39, 0.29) is 12.5 Å². The Morgan fingerprint density at radius 1 is 1.36 bits per heavy atom. The van der Waals surface area contributed by atoms with Gasteiger partial charge in [0, 0.05) is 16.1 Å². The average Bonchev–Trinajstić information content (AvgIpc) is 3.09. The maximum absolute atomic E-state index is 11.9. The number of amides is 1. The molecule has 8 nitrogen and oxygen atoms in total. The summed E-state index contributed by atoms with van der Waals surface area (Å²) in [6.07, 6.45) is 0. The molecule has 1 aromatic carbocycles. The second-order valence-electron chi connectivity index (χ2n) is 4.52. The molecule has 112 valence electrons. The molecule has 0 aliphatic rings. The number of nitrogens with zero attached hydrogens (tertiary/aromatic N) is 5. The first-order valence-electron chi connectivity index (χ1n) is 6.37. The quantitative estimate of drug-likeness (QED) is 0.762. The minimum Gasteiger partial charge on any atom is -0.360 e. The summed E-state index contributed by atoms with van der Waals surface area (Å²) in [7, 11) is 0. The highest BCUT2D eigenvalue weighted by Gasteiger charge is 2.11. The predicted octanol–water partition coefficient (Wildman–Crippen LogP) is 2.04. The lowest BCUT2D eigenvalue weighted by molar-refractivity contribution is -0.117. The van der Waals surface area contributed by atoms with E-state index in [4.69, 9.17) is 4.52 Å². The van der Waals surface area contributed by atoms with Crippen molar-refractivity contribution in [3.63, 3.8) is 0 Å². The van der Waals surface area contributed by atoms with Crippen LogP contribution >= 0.6 is 15.9 Å². The summed E-state index contributed by atoms with van der Waals surface area (Å²) in [5, 5.41) is 18.2. The Kier molecular flexibility index (Phi) is 3.96. The molecule has 1 amide bonds. The third kappa shape index (κ3) is 3.37. The molecule has 0 aliphatic carbocycles. The smallest absolute Gasteiger partial charge is 0.249 e. The molecule has 9 heteroatoms. The van der Waals surface area contributed by atoms with Crippen molar-refractivity contribution in [2.45, 2.75) is 13.5 Å². The van der Waals surface area contributed by atoms with Crippen LogP contribution in [0, 0.1) is 6.92 Å². The third-order valence-corrected chi connectivity index (χ3v) is 3.26. The van der Waals surface area contributed by atoms with E-state index < -0.39 is 0 Å². The Morgan fingerprint density at radius 3 is 2.82 bits per heavy atom. The number of halogens is 1. The molecule has 0 saturated carbocycles. The molecule has 2 heterocycles. The van der Waals surface area contributed by atoms with Gasteiger partial charge in [0.05, 0.1) is 0 Å². The van der Waals surface area contributed by atoms with Crippen molar-refractivity contribution in [2.75, 3.05) is 5.32 Å². The number of rotatable bonds is 4. The second-order valence-corrected chi connectivity index (χ2v) is 5.44. The van der Waals surface area contributed by atoms with Crippen molar-refractivity contribution in [2.24, 2.45) is 0 Å². The van der Waals surface area contributed by atoms with Gasteiger partial charge in [-0.2, -0.15) is 4.80 Å². The highest BCUT2D eigenvalue weighted by Crippen LogP contribution is 2.17. The number of hydrogen-bond donors (Lipinski definition) is 1. The van der Waals surface area contributed by atoms with Gasteiger partial charge in [0.2, 0.25) is 11.7 Å². The summed E-state index contributed by atoms with van der Waals surface area (Å²) in [6.45, 7) is 1.68. The van der Waals surface area contributed by atoms with Gasteiger partial charge in [-0.1, -0.05) is 21.1 Å². The first kappa shape index (κ1) is 14.4. The topological polar surface area (TPSA) is 98.7 Å². The monoisotopic (exact) mass is 362 g/mol. The fourth-order valence-corrected chi connectivity index (χ4v) is 2.03. The lowest BCUT2D eigenvalue weighted by Crippen LogP contribution is -2.20. The van der Waals surface area contributed by atoms with E-state index in [1.54, 1.807) is 13.0 Å². The first-order chi connectivity index (χ1) is 10.6. The van der Waals surface area contributed by atoms with E-state index >= 15 is 0 Å². The number of benzene rings is 1. The van der Waals surface area contributed by atoms with E-state index in [0.717, 1.165) is 10.0 Å². The highest BCUT2D eigenvalue weighted by atomic mass is 79.9. The zero-order chi connectivity index (χ0) is 15.5. The second kappa shape index (κ2) is 6.06. The number of carbonyl (C=O) groups is 1. The number of nitrogens with one attached hydrogen (secondary N) is 1. The van der Waals surface area contributed by atoms with Crippen LogP contribution in [-0.4, -0.2) is 31.3 Å². The van der Waals surface area contributed by atoms with Gasteiger partial charge in [0.25, 0.3) is 0 Å². The molecule has 0 bridgehead atoms. The standard InChI is InChI=1S/C13H11BrN6O2/c1-8-6-11(18-22-8)15-12(21)7-20-17-13(16-19-20)9-2-4-10(14)5-3-9/h2-6H,7H2,1H3,(H,15,18,21). The third-order valence-electron chi connectivity index (χ3n) is 2.74. The van der Waals surface area contributed by atoms with Gasteiger partial charge in [-0.15, -0.1) is 10.2 Å². The largest absolute Gasteiger partial charge is 0.360 e. The van der Waals surface area contributed by atoms with Crippen LogP contribution in [0.3, 0.4) is 0 Å². The molecule has 0 radical (unpaired) electrons. The van der Waals surface area contributed by atoms with E-state index in [1.807, 2.05) is 24.3 Å². The van der Waals surface area contributed by atoms with Gasteiger partial charge >= 0.3 is 0 Å². The summed E-state index contributed by atoms with van der Waals surface area (Å²) < 4.78 is 5.83. The number of carbonyl (C=O) groups excluding carboxylic acids is 1. The average molecular weight is 363 g/mol. The molecule has 22 heavy (non-hydrogen) atoms. The molecule has 0 unspecified atom stereocenters. The van der Waals surface area contributed by atoms with Crippen LogP contribution in [-0.2, 0) is 11.3 Å². The van der Waals surface area contributed by atoms with Crippen molar-refractivity contribution in [1.82, 2.24) is 25.4 Å². The summed E-state index contributed by atoms with van der Waals surface area (Å²) in [5.41, 5.74) is 0.821. The van der Waals surface area contributed by atoms with Gasteiger partial charge in [0.15, 0.2) is 5.82 Å². The Morgan fingerprint density at radius 2 is 2.14 bits per heavy atom. The first-order valence-corrected chi connectivity index (χ1v) is 7.16. The molecule has 0 atom stereocenters. The zero-order valence-electron chi connectivity index (χ0n) is 11.5. The minimum atomic E-state index is -0.312. The Hall–Kier alpha value is -2.55. The van der Waals surface area contributed by atoms with Crippen molar-refractivity contribution in [3.05, 3.63) is 40.6 Å². The summed E-state index contributed by atoms with van der Waals surface area (Å²) in [4.78, 5) is 13.1. The van der Waals surface area contributed by atoms with Crippen molar-refractivity contribution < 1.29 is 9.32 Å². The Balaban J connectivity index is 1.66. The van der Waals surface area contributed by atoms with E-state index in [9.17, 15) is 4.79 Å². The Bertz CT molecular complexity index is 795. The van der Waals surface area contributed by atoms with E-state index in [1.165, 1.54) is 4.80 Å². The number of hydrogen-bond acceptors (Lipinski definition) is 6. The summed E-state index contributed by atoms with van der Waals surface area (Å²) in [6, 6.07) is 9.12. The van der Waals surface area contributed by atoms with Gasteiger partial charge in [-0.3, -0.25) is 4.79 Å². The van der Waals surface area contributed by atoms with Crippen molar-refractivity contribution in [3.8, 4) is 11.4 Å². The molecule has 1 N–H and O–H groups in total. The lowest BCUT2D eigenvalue weighted by atomic mass is 10.2. The van der Waals surface area contributed by atoms with Crippen LogP contribution in [0.15, 0.2) is 39.3 Å².